The van der Waals surface area contributed by atoms with Gasteiger partial charge in [-0.15, -0.1) is 0 Å². The maximum Gasteiger partial charge on any atom is 0.287 e. The van der Waals surface area contributed by atoms with Gasteiger partial charge < -0.3 is 14.5 Å². The van der Waals surface area contributed by atoms with Crippen LogP contribution in [0.3, 0.4) is 0 Å². The van der Waals surface area contributed by atoms with Crippen molar-refractivity contribution in [3.8, 4) is 11.5 Å². The van der Waals surface area contributed by atoms with E-state index in [4.69, 9.17) is 9.47 Å². The number of amides is 1. The lowest BCUT2D eigenvalue weighted by molar-refractivity contribution is -0.384. The van der Waals surface area contributed by atoms with Crippen molar-refractivity contribution in [3.63, 3.8) is 0 Å². The van der Waals surface area contributed by atoms with Crippen molar-refractivity contribution in [2.45, 2.75) is 6.61 Å². The first kappa shape index (κ1) is 19.6. The standard InChI is InChI=1S/C20H18N4O5/c1-28-18-9-6-15(12-22-23-20(25)17-3-2-10-21-17)11-19(18)29-13-14-4-7-16(8-5-14)24(26)27/h2-12,21H,13H2,1H3,(H,23,25)/b22-12-. The van der Waals surface area contributed by atoms with Crippen LogP contribution < -0.4 is 14.9 Å². The lowest BCUT2D eigenvalue weighted by Gasteiger charge is -2.11. The minimum Gasteiger partial charge on any atom is -0.493 e. The molecule has 2 N–H and O–H groups in total. The highest BCUT2D eigenvalue weighted by Crippen LogP contribution is 2.28. The zero-order valence-corrected chi connectivity index (χ0v) is 15.5. The van der Waals surface area contributed by atoms with E-state index < -0.39 is 4.92 Å². The maximum absolute atomic E-state index is 11.8. The number of aromatic nitrogens is 1. The van der Waals surface area contributed by atoms with Gasteiger partial charge in [0.2, 0.25) is 0 Å². The second kappa shape index (κ2) is 9.18. The molecular formula is C20H18N4O5. The van der Waals surface area contributed by atoms with Gasteiger partial charge in [-0.2, -0.15) is 5.10 Å². The summed E-state index contributed by atoms with van der Waals surface area (Å²) in [4.78, 5) is 24.9. The fourth-order valence-electron chi connectivity index (χ4n) is 2.46. The number of nitro groups is 1. The quantitative estimate of drug-likeness (QED) is 0.345. The van der Waals surface area contributed by atoms with Crippen LogP contribution in [0.2, 0.25) is 0 Å². The second-order valence-corrected chi connectivity index (χ2v) is 5.91. The van der Waals surface area contributed by atoms with Gasteiger partial charge in [-0.05, 0) is 53.6 Å². The number of nitrogens with zero attached hydrogens (tertiary/aromatic N) is 2. The van der Waals surface area contributed by atoms with E-state index in [9.17, 15) is 14.9 Å². The van der Waals surface area contributed by atoms with Crippen LogP contribution in [0.5, 0.6) is 11.5 Å². The number of hydrogen-bond acceptors (Lipinski definition) is 6. The summed E-state index contributed by atoms with van der Waals surface area (Å²) in [6.07, 6.45) is 3.13. The van der Waals surface area contributed by atoms with Crippen LogP contribution in [0.4, 0.5) is 5.69 Å². The number of ether oxygens (including phenoxy) is 2. The van der Waals surface area contributed by atoms with Crippen molar-refractivity contribution in [3.05, 3.63) is 87.7 Å². The summed E-state index contributed by atoms with van der Waals surface area (Å²) in [6, 6.07) is 14.7. The van der Waals surface area contributed by atoms with E-state index >= 15 is 0 Å². The summed E-state index contributed by atoms with van der Waals surface area (Å²) in [7, 11) is 1.53. The summed E-state index contributed by atoms with van der Waals surface area (Å²) in [6.45, 7) is 0.207. The molecule has 0 radical (unpaired) electrons. The number of H-pyrrole nitrogens is 1. The Morgan fingerprint density at radius 3 is 2.66 bits per heavy atom. The van der Waals surface area contributed by atoms with E-state index in [2.05, 4.69) is 15.5 Å². The number of rotatable bonds is 8. The van der Waals surface area contributed by atoms with Crippen LogP contribution in [0, 0.1) is 10.1 Å². The average molecular weight is 394 g/mol. The Morgan fingerprint density at radius 1 is 1.21 bits per heavy atom. The fourth-order valence-corrected chi connectivity index (χ4v) is 2.46. The zero-order valence-electron chi connectivity index (χ0n) is 15.5. The first-order chi connectivity index (χ1) is 14.1. The van der Waals surface area contributed by atoms with Gasteiger partial charge in [-0.25, -0.2) is 5.43 Å². The number of aromatic amines is 1. The SMILES string of the molecule is COc1ccc(/C=N\NC(=O)c2ccc[nH]2)cc1OCc1ccc([N+](=O)[O-])cc1. The van der Waals surface area contributed by atoms with Gasteiger partial charge in [0.1, 0.15) is 12.3 Å². The lowest BCUT2D eigenvalue weighted by atomic mass is 10.2. The van der Waals surface area contributed by atoms with Crippen LogP contribution in [-0.2, 0) is 6.61 Å². The van der Waals surface area contributed by atoms with Crippen LogP contribution in [0.25, 0.3) is 0 Å². The molecule has 1 aromatic heterocycles. The number of nitrogens with one attached hydrogen (secondary N) is 2. The molecule has 0 atom stereocenters. The molecule has 3 aromatic rings. The highest BCUT2D eigenvalue weighted by molar-refractivity contribution is 5.93. The molecule has 0 spiro atoms. The van der Waals surface area contributed by atoms with Crippen molar-refractivity contribution in [1.29, 1.82) is 0 Å². The molecule has 29 heavy (non-hydrogen) atoms. The second-order valence-electron chi connectivity index (χ2n) is 5.91. The Kier molecular flexibility index (Phi) is 6.21. The monoisotopic (exact) mass is 394 g/mol. The molecule has 9 heteroatoms. The summed E-state index contributed by atoms with van der Waals surface area (Å²) in [5.74, 6) is 0.652. The third-order valence-electron chi connectivity index (χ3n) is 3.95. The first-order valence-electron chi connectivity index (χ1n) is 8.58. The van der Waals surface area contributed by atoms with Crippen LogP contribution in [0.15, 0.2) is 65.9 Å². The van der Waals surface area contributed by atoms with Crippen molar-refractivity contribution in [2.24, 2.45) is 5.10 Å². The molecule has 9 nitrogen and oxygen atoms in total. The largest absolute Gasteiger partial charge is 0.493 e. The van der Waals surface area contributed by atoms with Crippen molar-refractivity contribution in [1.82, 2.24) is 10.4 Å². The molecule has 0 unspecified atom stereocenters. The van der Waals surface area contributed by atoms with Gasteiger partial charge in [-0.3, -0.25) is 14.9 Å². The van der Waals surface area contributed by atoms with Crippen LogP contribution in [-0.4, -0.2) is 29.1 Å². The normalized spacial score (nSPS) is 10.7. The molecule has 0 aliphatic carbocycles. The summed E-state index contributed by atoms with van der Waals surface area (Å²) >= 11 is 0. The van der Waals surface area contributed by atoms with Crippen LogP contribution >= 0.6 is 0 Å². The third-order valence-corrected chi connectivity index (χ3v) is 3.95. The molecule has 0 aliphatic heterocycles. The summed E-state index contributed by atoms with van der Waals surface area (Å²) in [5.41, 5.74) is 4.32. The lowest BCUT2D eigenvalue weighted by Crippen LogP contribution is -2.17. The zero-order chi connectivity index (χ0) is 20.6. The number of nitro benzene ring substituents is 1. The van der Waals surface area contributed by atoms with E-state index in [1.165, 1.54) is 25.5 Å². The first-order valence-corrected chi connectivity index (χ1v) is 8.58. The smallest absolute Gasteiger partial charge is 0.287 e. The number of benzene rings is 2. The van der Waals surface area contributed by atoms with Crippen molar-refractivity contribution >= 4 is 17.8 Å². The Bertz CT molecular complexity index is 1010. The number of carbonyl (C=O) groups excluding carboxylic acids is 1. The Morgan fingerprint density at radius 2 is 2.00 bits per heavy atom. The summed E-state index contributed by atoms with van der Waals surface area (Å²) < 4.78 is 11.1. The highest BCUT2D eigenvalue weighted by atomic mass is 16.6. The molecular weight excluding hydrogens is 376 g/mol. The molecule has 1 amide bonds. The molecule has 0 saturated carbocycles. The van der Waals surface area contributed by atoms with Crippen molar-refractivity contribution < 1.29 is 19.2 Å². The topological polar surface area (TPSA) is 119 Å². The molecule has 148 valence electrons. The van der Waals surface area contributed by atoms with Gasteiger partial charge in [-0.1, -0.05) is 0 Å². The predicted molar refractivity (Wildman–Crippen MR) is 106 cm³/mol. The molecule has 1 heterocycles. The number of hydrazone groups is 1. The van der Waals surface area contributed by atoms with E-state index in [-0.39, 0.29) is 18.2 Å². The Hall–Kier alpha value is -4.14. The highest BCUT2D eigenvalue weighted by Gasteiger charge is 2.08. The number of non-ortho nitro benzene ring substituents is 1. The summed E-state index contributed by atoms with van der Waals surface area (Å²) in [5, 5.41) is 14.7. The van der Waals surface area contributed by atoms with E-state index in [0.717, 1.165) is 5.56 Å². The van der Waals surface area contributed by atoms with E-state index in [1.54, 1.807) is 48.7 Å². The molecule has 0 bridgehead atoms. The maximum atomic E-state index is 11.8. The van der Waals surface area contributed by atoms with Gasteiger partial charge in [0.05, 0.1) is 18.2 Å². The number of methoxy groups -OCH3 is 1. The molecule has 0 aliphatic rings. The molecule has 0 saturated heterocycles. The molecule has 3 rings (SSSR count). The Balaban J connectivity index is 1.65. The minimum atomic E-state index is -0.453. The average Bonchev–Trinajstić information content (AvgIpc) is 3.27. The van der Waals surface area contributed by atoms with Gasteiger partial charge in [0.15, 0.2) is 11.5 Å². The van der Waals surface area contributed by atoms with Gasteiger partial charge in [0, 0.05) is 18.3 Å². The van der Waals surface area contributed by atoms with E-state index in [0.29, 0.717) is 22.8 Å². The van der Waals surface area contributed by atoms with Gasteiger partial charge >= 0.3 is 0 Å². The predicted octanol–water partition coefficient (Wildman–Crippen LogP) is 3.27. The van der Waals surface area contributed by atoms with Crippen LogP contribution in [0.1, 0.15) is 21.6 Å². The minimum absolute atomic E-state index is 0.0194. The molecule has 0 fully saturated rings. The van der Waals surface area contributed by atoms with E-state index in [1.807, 2.05) is 0 Å². The fraction of sp³-hybridized carbons (Fsp3) is 0.100. The molecule has 2 aromatic carbocycles. The number of carbonyl (C=O) groups is 1. The third kappa shape index (κ3) is 5.19. The number of hydrogen-bond donors (Lipinski definition) is 2. The van der Waals surface area contributed by atoms with Crippen molar-refractivity contribution in [2.75, 3.05) is 7.11 Å². The Labute approximate surface area is 166 Å². The van der Waals surface area contributed by atoms with Gasteiger partial charge in [0.25, 0.3) is 11.6 Å².